The van der Waals surface area contributed by atoms with Crippen molar-refractivity contribution in [2.45, 2.75) is 26.2 Å². The second kappa shape index (κ2) is 12.6. The molecule has 0 aromatic heterocycles. The lowest BCUT2D eigenvalue weighted by atomic mass is 10.2. The molecule has 0 aliphatic rings. The standard InChI is InChI=1S/C26H25ClF2N4O3/c1-2-3-4-16-33(20-14-8-17(27)9-15-20)26(36)31-19-12-10-18(11-13-19)30-25(35)32-24(34)23-21(28)6-5-7-22(23)29/h5-15H,2-4,16H2,1H3,(H,31,36)(H2,30,32,34,35). The smallest absolute Gasteiger partial charge is 0.308 e. The van der Waals surface area contributed by atoms with Crippen molar-refractivity contribution in [3.63, 3.8) is 0 Å². The summed E-state index contributed by atoms with van der Waals surface area (Å²) in [7, 11) is 0. The van der Waals surface area contributed by atoms with Crippen LogP contribution in [0.4, 0.5) is 35.4 Å². The number of carbonyl (C=O) groups excluding carboxylic acids is 3. The second-order valence-corrected chi connectivity index (χ2v) is 8.28. The summed E-state index contributed by atoms with van der Waals surface area (Å²) in [5.74, 6) is -3.37. The van der Waals surface area contributed by atoms with Gasteiger partial charge in [0.05, 0.1) is 0 Å². The average molecular weight is 515 g/mol. The third kappa shape index (κ3) is 7.26. The van der Waals surface area contributed by atoms with Crippen LogP contribution in [0, 0.1) is 11.6 Å². The third-order valence-electron chi connectivity index (χ3n) is 5.18. The number of nitrogens with one attached hydrogen (secondary N) is 3. The van der Waals surface area contributed by atoms with Crippen LogP contribution in [-0.2, 0) is 0 Å². The van der Waals surface area contributed by atoms with Gasteiger partial charge in [0.2, 0.25) is 0 Å². The molecule has 0 saturated carbocycles. The van der Waals surface area contributed by atoms with E-state index in [0.29, 0.717) is 28.6 Å². The quantitative estimate of drug-likeness (QED) is 0.288. The lowest BCUT2D eigenvalue weighted by molar-refractivity contribution is 0.0959. The van der Waals surface area contributed by atoms with Gasteiger partial charge >= 0.3 is 12.1 Å². The van der Waals surface area contributed by atoms with Crippen LogP contribution in [0.5, 0.6) is 0 Å². The van der Waals surface area contributed by atoms with Crippen LogP contribution in [0.1, 0.15) is 36.5 Å². The minimum atomic E-state index is -1.21. The molecule has 3 aromatic carbocycles. The summed E-state index contributed by atoms with van der Waals surface area (Å²) in [6.45, 7) is 2.61. The number of amides is 5. The van der Waals surface area contributed by atoms with Gasteiger partial charge in [-0.3, -0.25) is 15.0 Å². The second-order valence-electron chi connectivity index (χ2n) is 7.85. The summed E-state index contributed by atoms with van der Waals surface area (Å²) in [6, 6.07) is 14.8. The van der Waals surface area contributed by atoms with Crippen molar-refractivity contribution >= 4 is 46.6 Å². The highest BCUT2D eigenvalue weighted by molar-refractivity contribution is 6.30. The number of carbonyl (C=O) groups is 3. The number of rotatable bonds is 8. The predicted octanol–water partition coefficient (Wildman–Crippen LogP) is 6.81. The number of hydrogen-bond donors (Lipinski definition) is 3. The van der Waals surface area contributed by atoms with E-state index in [-0.39, 0.29) is 6.03 Å². The van der Waals surface area contributed by atoms with Crippen molar-refractivity contribution < 1.29 is 23.2 Å². The number of imide groups is 1. The van der Waals surface area contributed by atoms with E-state index in [4.69, 9.17) is 11.6 Å². The van der Waals surface area contributed by atoms with Gasteiger partial charge in [0.15, 0.2) is 0 Å². The van der Waals surface area contributed by atoms with Crippen LogP contribution < -0.4 is 20.9 Å². The summed E-state index contributed by atoms with van der Waals surface area (Å²) in [6.07, 6.45) is 2.82. The highest BCUT2D eigenvalue weighted by Gasteiger charge is 2.19. The molecule has 0 atom stereocenters. The molecule has 188 valence electrons. The molecule has 0 heterocycles. The van der Waals surface area contributed by atoms with E-state index in [0.717, 1.165) is 37.5 Å². The minimum Gasteiger partial charge on any atom is -0.308 e. The molecule has 0 saturated heterocycles. The van der Waals surface area contributed by atoms with Crippen LogP contribution in [-0.4, -0.2) is 24.5 Å². The number of unbranched alkanes of at least 4 members (excludes halogenated alkanes) is 2. The minimum absolute atomic E-state index is 0.296. The molecule has 36 heavy (non-hydrogen) atoms. The number of benzene rings is 3. The van der Waals surface area contributed by atoms with Crippen LogP contribution in [0.25, 0.3) is 0 Å². The molecule has 10 heteroatoms. The fourth-order valence-electron chi connectivity index (χ4n) is 3.36. The van der Waals surface area contributed by atoms with E-state index >= 15 is 0 Å². The van der Waals surface area contributed by atoms with Crippen molar-refractivity contribution in [3.8, 4) is 0 Å². The largest absolute Gasteiger partial charge is 0.326 e. The molecule has 5 amide bonds. The Morgan fingerprint density at radius 3 is 2.00 bits per heavy atom. The number of nitrogens with zero attached hydrogens (tertiary/aromatic N) is 1. The summed E-state index contributed by atoms with van der Waals surface area (Å²) >= 11 is 5.97. The monoisotopic (exact) mass is 514 g/mol. The summed E-state index contributed by atoms with van der Waals surface area (Å²) < 4.78 is 27.4. The van der Waals surface area contributed by atoms with Gasteiger partial charge in [-0.2, -0.15) is 0 Å². The molecular weight excluding hydrogens is 490 g/mol. The van der Waals surface area contributed by atoms with Gasteiger partial charge in [0.25, 0.3) is 5.91 Å². The molecule has 0 aliphatic carbocycles. The molecule has 0 bridgehead atoms. The van der Waals surface area contributed by atoms with Crippen molar-refractivity contribution in [1.29, 1.82) is 0 Å². The van der Waals surface area contributed by atoms with Crippen LogP contribution >= 0.6 is 11.6 Å². The summed E-state index contributed by atoms with van der Waals surface area (Å²) in [5, 5.41) is 7.67. The zero-order valence-electron chi connectivity index (χ0n) is 19.5. The Morgan fingerprint density at radius 1 is 0.833 bits per heavy atom. The van der Waals surface area contributed by atoms with Gasteiger partial charge in [-0.05, 0) is 67.1 Å². The van der Waals surface area contributed by atoms with Gasteiger partial charge < -0.3 is 10.6 Å². The Bertz CT molecular complexity index is 1200. The first-order chi connectivity index (χ1) is 17.3. The lowest BCUT2D eigenvalue weighted by Crippen LogP contribution is -2.36. The van der Waals surface area contributed by atoms with Crippen LogP contribution in [0.15, 0.2) is 66.7 Å². The molecule has 0 spiro atoms. The van der Waals surface area contributed by atoms with Crippen LogP contribution in [0.2, 0.25) is 5.02 Å². The number of urea groups is 2. The maximum atomic E-state index is 13.7. The van der Waals surface area contributed by atoms with Crippen molar-refractivity contribution in [3.05, 3.63) is 89.0 Å². The van der Waals surface area contributed by atoms with Crippen LogP contribution in [0.3, 0.4) is 0 Å². The molecule has 3 N–H and O–H groups in total. The molecule has 3 rings (SSSR count). The number of halogens is 3. The van der Waals surface area contributed by atoms with Gasteiger partial charge in [0, 0.05) is 28.6 Å². The zero-order valence-corrected chi connectivity index (χ0v) is 20.2. The normalized spacial score (nSPS) is 10.4. The summed E-state index contributed by atoms with van der Waals surface area (Å²) in [4.78, 5) is 38.7. The van der Waals surface area contributed by atoms with Crippen molar-refractivity contribution in [2.75, 3.05) is 22.1 Å². The molecule has 0 aliphatic heterocycles. The average Bonchev–Trinajstić information content (AvgIpc) is 2.83. The van der Waals surface area contributed by atoms with E-state index < -0.39 is 29.1 Å². The molecule has 7 nitrogen and oxygen atoms in total. The topological polar surface area (TPSA) is 90.5 Å². The SMILES string of the molecule is CCCCCN(C(=O)Nc1ccc(NC(=O)NC(=O)c2c(F)cccc2F)cc1)c1ccc(Cl)cc1. The zero-order chi connectivity index (χ0) is 26.1. The Hall–Kier alpha value is -3.98. The first kappa shape index (κ1) is 26.6. The highest BCUT2D eigenvalue weighted by atomic mass is 35.5. The fourth-order valence-corrected chi connectivity index (χ4v) is 3.49. The lowest BCUT2D eigenvalue weighted by Gasteiger charge is -2.23. The van der Waals surface area contributed by atoms with Crippen molar-refractivity contribution in [2.24, 2.45) is 0 Å². The Balaban J connectivity index is 1.61. The van der Waals surface area contributed by atoms with Gasteiger partial charge in [-0.15, -0.1) is 0 Å². The maximum absolute atomic E-state index is 13.7. The third-order valence-corrected chi connectivity index (χ3v) is 5.43. The first-order valence-corrected chi connectivity index (χ1v) is 11.7. The first-order valence-electron chi connectivity index (χ1n) is 11.3. The van der Waals surface area contributed by atoms with E-state index in [2.05, 4.69) is 17.6 Å². The van der Waals surface area contributed by atoms with E-state index in [1.54, 1.807) is 41.3 Å². The Labute approximate surface area is 212 Å². The Morgan fingerprint density at radius 2 is 1.42 bits per heavy atom. The highest BCUT2D eigenvalue weighted by Crippen LogP contribution is 2.21. The predicted molar refractivity (Wildman–Crippen MR) is 137 cm³/mol. The summed E-state index contributed by atoms with van der Waals surface area (Å²) in [5.41, 5.74) is 0.628. The van der Waals surface area contributed by atoms with E-state index in [1.165, 1.54) is 12.1 Å². The van der Waals surface area contributed by atoms with E-state index in [1.807, 2.05) is 5.32 Å². The molecule has 0 radical (unpaired) electrons. The van der Waals surface area contributed by atoms with Gasteiger partial charge in [0.1, 0.15) is 17.2 Å². The van der Waals surface area contributed by atoms with Gasteiger partial charge in [-0.1, -0.05) is 37.4 Å². The molecule has 3 aromatic rings. The Kier molecular flexibility index (Phi) is 9.35. The van der Waals surface area contributed by atoms with E-state index in [9.17, 15) is 23.2 Å². The molecular formula is C26H25ClF2N4O3. The van der Waals surface area contributed by atoms with Gasteiger partial charge in [-0.25, -0.2) is 18.4 Å². The molecule has 0 unspecified atom stereocenters. The maximum Gasteiger partial charge on any atom is 0.326 e. The molecule has 0 fully saturated rings. The number of hydrogen-bond acceptors (Lipinski definition) is 3. The van der Waals surface area contributed by atoms with Crippen molar-refractivity contribution in [1.82, 2.24) is 5.32 Å². The fraction of sp³-hybridized carbons (Fsp3) is 0.192. The number of anilines is 3.